The molecule has 1 amide bonds. The molecule has 0 aromatic carbocycles. The first kappa shape index (κ1) is 23.1. The topological polar surface area (TPSA) is 63.7 Å². The summed E-state index contributed by atoms with van der Waals surface area (Å²) in [7, 11) is 3.49. The highest BCUT2D eigenvalue weighted by Crippen LogP contribution is 2.63. The van der Waals surface area contributed by atoms with Crippen molar-refractivity contribution in [3.63, 3.8) is 0 Å². The lowest BCUT2D eigenvalue weighted by atomic mass is 9.52. The van der Waals surface area contributed by atoms with Gasteiger partial charge in [0.2, 0.25) is 0 Å². The molecule has 2 saturated carbocycles. The third kappa shape index (κ3) is 4.12. The van der Waals surface area contributed by atoms with Crippen molar-refractivity contribution in [2.45, 2.75) is 71.8 Å². The normalized spacial score (nSPS) is 36.7. The van der Waals surface area contributed by atoms with Gasteiger partial charge in [-0.15, -0.1) is 12.6 Å². The van der Waals surface area contributed by atoms with Crippen LogP contribution in [0.2, 0.25) is 0 Å². The molecule has 3 unspecified atom stereocenters. The zero-order valence-electron chi connectivity index (χ0n) is 18.9. The second kappa shape index (κ2) is 8.52. The standard InChI is InChI=1S/C22H31NO3.C2H4OS/c1-21-11-9-15(24)13-14(21)5-6-16-17-7-8-19(26-20(25)23(3)4)22(17,2)12-10-18(16)21;1-2(3)4/h10,13,16-17,19H,5-9,11-12H2,1-4H3;1H3,(H,3,4)/t16?,17?,19?,21-,22-;/m0./s1. The Morgan fingerprint density at radius 1 is 1.17 bits per heavy atom. The molecule has 5 nitrogen and oxygen atoms in total. The van der Waals surface area contributed by atoms with Gasteiger partial charge in [0, 0.05) is 38.3 Å². The number of nitrogens with zero attached hydrogens (tertiary/aromatic N) is 1. The monoisotopic (exact) mass is 433 g/mol. The van der Waals surface area contributed by atoms with E-state index in [0.717, 1.165) is 38.5 Å². The highest BCUT2D eigenvalue weighted by atomic mass is 32.1. The van der Waals surface area contributed by atoms with Gasteiger partial charge >= 0.3 is 6.09 Å². The predicted octanol–water partition coefficient (Wildman–Crippen LogP) is 4.97. The lowest BCUT2D eigenvalue weighted by molar-refractivity contribution is -0.115. The van der Waals surface area contributed by atoms with E-state index in [2.05, 4.69) is 32.6 Å². The number of carbonyl (C=O) groups excluding carboxylic acids is 3. The molecule has 4 aliphatic rings. The minimum atomic E-state index is -0.224. The van der Waals surface area contributed by atoms with Crippen LogP contribution in [0.15, 0.2) is 23.3 Å². The Morgan fingerprint density at radius 3 is 2.47 bits per heavy atom. The fourth-order valence-electron chi connectivity index (χ4n) is 6.23. The van der Waals surface area contributed by atoms with Gasteiger partial charge in [-0.05, 0) is 56.4 Å². The van der Waals surface area contributed by atoms with Crippen LogP contribution in [0.25, 0.3) is 0 Å². The van der Waals surface area contributed by atoms with E-state index in [1.165, 1.54) is 17.4 Å². The Bertz CT molecular complexity index is 797. The maximum atomic E-state index is 12.1. The Labute approximate surface area is 185 Å². The molecule has 0 radical (unpaired) electrons. The van der Waals surface area contributed by atoms with Crippen molar-refractivity contribution >= 4 is 29.6 Å². The number of rotatable bonds is 1. The van der Waals surface area contributed by atoms with Crippen LogP contribution in [0.4, 0.5) is 4.79 Å². The van der Waals surface area contributed by atoms with Gasteiger partial charge in [-0.1, -0.05) is 31.1 Å². The first-order valence-electron chi connectivity index (χ1n) is 11.0. The van der Waals surface area contributed by atoms with Crippen molar-refractivity contribution in [2.24, 2.45) is 22.7 Å². The van der Waals surface area contributed by atoms with Gasteiger partial charge in [-0.2, -0.15) is 0 Å². The van der Waals surface area contributed by atoms with Gasteiger partial charge in [0.05, 0.1) is 0 Å². The van der Waals surface area contributed by atoms with E-state index in [0.29, 0.717) is 24.0 Å². The fourth-order valence-corrected chi connectivity index (χ4v) is 6.23. The molecule has 0 aliphatic heterocycles. The Balaban J connectivity index is 0.000000589. The number of amides is 1. The van der Waals surface area contributed by atoms with Crippen LogP contribution in [0, 0.1) is 22.7 Å². The number of hydrogen-bond donors (Lipinski definition) is 1. The summed E-state index contributed by atoms with van der Waals surface area (Å²) in [4.78, 5) is 34.9. The third-order valence-electron chi connectivity index (χ3n) is 7.85. The molecule has 30 heavy (non-hydrogen) atoms. The zero-order valence-corrected chi connectivity index (χ0v) is 19.8. The van der Waals surface area contributed by atoms with Gasteiger partial charge < -0.3 is 9.64 Å². The minimum absolute atomic E-state index is 0.0119. The summed E-state index contributed by atoms with van der Waals surface area (Å²) in [5, 5.41) is -0.139. The predicted molar refractivity (Wildman–Crippen MR) is 120 cm³/mol. The SMILES string of the molecule is CC(=O)S.CN(C)C(=O)OC1CCC2C3CCC4=CC(=O)CC[C@]4(C)C3=CC[C@]12C. The summed E-state index contributed by atoms with van der Waals surface area (Å²) in [6, 6.07) is 0. The number of carbonyl (C=O) groups is 3. The van der Waals surface area contributed by atoms with Crippen molar-refractivity contribution in [1.29, 1.82) is 0 Å². The fraction of sp³-hybridized carbons (Fsp3) is 0.708. The number of ether oxygens (including phenoxy) is 1. The van der Waals surface area contributed by atoms with Gasteiger partial charge in [0.15, 0.2) is 10.9 Å². The molecule has 0 N–H and O–H groups in total. The van der Waals surface area contributed by atoms with Crippen LogP contribution in [0.1, 0.15) is 65.7 Å². The van der Waals surface area contributed by atoms with E-state index >= 15 is 0 Å². The van der Waals surface area contributed by atoms with Crippen molar-refractivity contribution in [2.75, 3.05) is 14.1 Å². The summed E-state index contributed by atoms with van der Waals surface area (Å²) in [6.45, 7) is 6.07. The van der Waals surface area contributed by atoms with Crippen LogP contribution < -0.4 is 0 Å². The molecule has 0 spiro atoms. The second-order valence-electron chi connectivity index (χ2n) is 9.95. The van der Waals surface area contributed by atoms with Gasteiger partial charge in [0.1, 0.15) is 6.10 Å². The van der Waals surface area contributed by atoms with Gasteiger partial charge in [-0.25, -0.2) is 4.79 Å². The summed E-state index contributed by atoms with van der Waals surface area (Å²) in [5.41, 5.74) is 3.05. The van der Waals surface area contributed by atoms with Gasteiger partial charge in [0.25, 0.3) is 0 Å². The summed E-state index contributed by atoms with van der Waals surface area (Å²) < 4.78 is 5.87. The first-order valence-corrected chi connectivity index (χ1v) is 11.5. The lowest BCUT2D eigenvalue weighted by Gasteiger charge is -2.53. The minimum Gasteiger partial charge on any atom is -0.446 e. The number of ketones is 1. The summed E-state index contributed by atoms with van der Waals surface area (Å²) >= 11 is 3.33. The Kier molecular flexibility index (Phi) is 6.57. The van der Waals surface area contributed by atoms with Crippen molar-refractivity contribution in [1.82, 2.24) is 4.90 Å². The maximum absolute atomic E-state index is 12.1. The molecule has 5 atom stereocenters. The van der Waals surface area contributed by atoms with Crippen LogP contribution >= 0.6 is 12.6 Å². The summed E-state index contributed by atoms with van der Waals surface area (Å²) in [6.07, 6.45) is 11.1. The molecule has 0 saturated heterocycles. The first-order chi connectivity index (χ1) is 14.0. The van der Waals surface area contributed by atoms with Gasteiger partial charge in [-0.3, -0.25) is 9.59 Å². The molecule has 0 aromatic heterocycles. The Morgan fingerprint density at radius 2 is 1.83 bits per heavy atom. The molecule has 4 rings (SSSR count). The molecular weight excluding hydrogens is 398 g/mol. The average molecular weight is 434 g/mol. The molecule has 2 fully saturated rings. The number of hydrogen-bond acceptors (Lipinski definition) is 4. The average Bonchev–Trinajstić information content (AvgIpc) is 2.98. The molecule has 0 aromatic rings. The molecule has 0 bridgehead atoms. The maximum Gasteiger partial charge on any atom is 0.409 e. The highest BCUT2D eigenvalue weighted by Gasteiger charge is 2.57. The van der Waals surface area contributed by atoms with E-state index < -0.39 is 0 Å². The van der Waals surface area contributed by atoms with E-state index in [9.17, 15) is 14.4 Å². The lowest BCUT2D eigenvalue weighted by Crippen LogP contribution is -2.46. The molecule has 4 aliphatic carbocycles. The molecule has 6 heteroatoms. The smallest absolute Gasteiger partial charge is 0.409 e. The van der Waals surface area contributed by atoms with E-state index in [1.54, 1.807) is 19.7 Å². The summed E-state index contributed by atoms with van der Waals surface area (Å²) in [5.74, 6) is 1.46. The largest absolute Gasteiger partial charge is 0.446 e. The second-order valence-corrected chi connectivity index (χ2v) is 10.6. The van der Waals surface area contributed by atoms with Crippen molar-refractivity contribution in [3.8, 4) is 0 Å². The zero-order chi connectivity index (χ0) is 22.3. The van der Waals surface area contributed by atoms with Crippen LogP contribution in [0.5, 0.6) is 0 Å². The van der Waals surface area contributed by atoms with Crippen molar-refractivity contribution < 1.29 is 19.1 Å². The van der Waals surface area contributed by atoms with Crippen molar-refractivity contribution in [3.05, 3.63) is 23.3 Å². The van der Waals surface area contributed by atoms with E-state index in [-0.39, 0.29) is 28.1 Å². The quantitative estimate of drug-likeness (QED) is 0.468. The number of thiol groups is 1. The van der Waals surface area contributed by atoms with Crippen LogP contribution in [-0.4, -0.2) is 42.1 Å². The molecule has 0 heterocycles. The highest BCUT2D eigenvalue weighted by molar-refractivity contribution is 7.96. The molecule has 166 valence electrons. The van der Waals surface area contributed by atoms with Crippen LogP contribution in [-0.2, 0) is 14.3 Å². The van der Waals surface area contributed by atoms with E-state index in [4.69, 9.17) is 4.74 Å². The number of allylic oxidation sites excluding steroid dienone is 4. The Hall–Kier alpha value is -1.56. The van der Waals surface area contributed by atoms with E-state index in [1.807, 2.05) is 6.08 Å². The molecular formula is C24H35NO4S. The number of fused-ring (bicyclic) bond motifs is 5. The third-order valence-corrected chi connectivity index (χ3v) is 7.85. The van der Waals surface area contributed by atoms with Crippen LogP contribution in [0.3, 0.4) is 0 Å².